The largest absolute Gasteiger partial charge is 0.370 e. The summed E-state index contributed by atoms with van der Waals surface area (Å²) >= 11 is 0. The maximum Gasteiger partial charge on any atom is 0.101 e. The number of nitrogens with one attached hydrogen (secondary N) is 1. The van der Waals surface area contributed by atoms with E-state index in [2.05, 4.69) is 59.1 Å². The first-order valence-electron chi connectivity index (χ1n) is 10.2. The maximum absolute atomic E-state index is 9.42. The van der Waals surface area contributed by atoms with Crippen molar-refractivity contribution in [1.82, 2.24) is 15.2 Å². The SMILES string of the molecule is C[C@@H]1CN(c2ccc(C#N)c3ncccc23)C[C@@H](CN2C[C@H](C)NC[C@H]2C)O1. The Hall–Kier alpha value is -2.20. The lowest BCUT2D eigenvalue weighted by atomic mass is 10.1. The highest BCUT2D eigenvalue weighted by Gasteiger charge is 2.31. The molecule has 3 heterocycles. The van der Waals surface area contributed by atoms with Gasteiger partial charge in [-0.05, 0) is 45.0 Å². The molecule has 0 bridgehead atoms. The van der Waals surface area contributed by atoms with Crippen molar-refractivity contribution in [2.24, 2.45) is 0 Å². The average molecular weight is 380 g/mol. The number of nitriles is 1. The molecule has 0 spiro atoms. The number of anilines is 1. The minimum Gasteiger partial charge on any atom is -0.370 e. The Labute approximate surface area is 167 Å². The van der Waals surface area contributed by atoms with Gasteiger partial charge in [0.05, 0.1) is 23.3 Å². The van der Waals surface area contributed by atoms with Crippen LogP contribution in [0.15, 0.2) is 30.5 Å². The number of nitrogens with zero attached hydrogens (tertiary/aromatic N) is 4. The Kier molecular flexibility index (Phi) is 5.49. The molecule has 148 valence electrons. The summed E-state index contributed by atoms with van der Waals surface area (Å²) in [4.78, 5) is 9.41. The van der Waals surface area contributed by atoms with Crippen LogP contribution < -0.4 is 10.2 Å². The highest BCUT2D eigenvalue weighted by Crippen LogP contribution is 2.30. The zero-order valence-corrected chi connectivity index (χ0v) is 16.9. The molecule has 0 amide bonds. The zero-order chi connectivity index (χ0) is 19.7. The second-order valence-electron chi connectivity index (χ2n) is 8.23. The fraction of sp³-hybridized carbons (Fsp3) is 0.545. The van der Waals surface area contributed by atoms with Crippen LogP contribution in [0.3, 0.4) is 0 Å². The molecule has 6 nitrogen and oxygen atoms in total. The molecular formula is C22H29N5O. The smallest absolute Gasteiger partial charge is 0.101 e. The predicted molar refractivity (Wildman–Crippen MR) is 112 cm³/mol. The van der Waals surface area contributed by atoms with Crippen LogP contribution in [0.25, 0.3) is 10.9 Å². The summed E-state index contributed by atoms with van der Waals surface area (Å²) < 4.78 is 6.31. The van der Waals surface area contributed by atoms with Gasteiger partial charge in [-0.15, -0.1) is 0 Å². The molecular weight excluding hydrogens is 350 g/mol. The molecule has 2 saturated heterocycles. The lowest BCUT2D eigenvalue weighted by Crippen LogP contribution is -2.58. The molecule has 1 aromatic carbocycles. The van der Waals surface area contributed by atoms with Crippen LogP contribution >= 0.6 is 0 Å². The van der Waals surface area contributed by atoms with Crippen molar-refractivity contribution in [3.8, 4) is 6.07 Å². The second kappa shape index (κ2) is 8.04. The van der Waals surface area contributed by atoms with Gasteiger partial charge in [0.25, 0.3) is 0 Å². The Morgan fingerprint density at radius 1 is 1.21 bits per heavy atom. The summed E-state index contributed by atoms with van der Waals surface area (Å²) in [5.74, 6) is 0. The van der Waals surface area contributed by atoms with Gasteiger partial charge in [-0.3, -0.25) is 9.88 Å². The first-order valence-corrected chi connectivity index (χ1v) is 10.2. The summed E-state index contributed by atoms with van der Waals surface area (Å²) in [6.07, 6.45) is 2.08. The van der Waals surface area contributed by atoms with E-state index in [1.807, 2.05) is 12.1 Å². The van der Waals surface area contributed by atoms with Crippen LogP contribution in [0.1, 0.15) is 26.3 Å². The zero-order valence-electron chi connectivity index (χ0n) is 16.9. The molecule has 0 unspecified atom stereocenters. The summed E-state index contributed by atoms with van der Waals surface area (Å²) in [5.41, 5.74) is 2.55. The van der Waals surface area contributed by atoms with E-state index in [9.17, 15) is 5.26 Å². The van der Waals surface area contributed by atoms with Crippen molar-refractivity contribution in [3.63, 3.8) is 0 Å². The van der Waals surface area contributed by atoms with Crippen LogP contribution in [-0.4, -0.2) is 66.9 Å². The lowest BCUT2D eigenvalue weighted by Gasteiger charge is -2.43. The molecule has 0 aliphatic carbocycles. The van der Waals surface area contributed by atoms with Gasteiger partial charge in [0.1, 0.15) is 6.07 Å². The van der Waals surface area contributed by atoms with E-state index >= 15 is 0 Å². The predicted octanol–water partition coefficient (Wildman–Crippen LogP) is 2.38. The molecule has 2 aliphatic heterocycles. The molecule has 2 fully saturated rings. The number of aromatic nitrogens is 1. The standard InChI is InChI=1S/C22H29N5O/c1-15-11-26(16(2)10-25-15)13-19-14-27(12-17(3)28-19)21-7-6-18(9-23)22-20(21)5-4-8-24-22/h4-8,15-17,19,25H,10-14H2,1-3H3/t15-,16+,17+,19+/m0/s1. The fourth-order valence-corrected chi connectivity index (χ4v) is 4.48. The number of benzene rings is 1. The number of fused-ring (bicyclic) bond motifs is 1. The third-order valence-electron chi connectivity index (χ3n) is 5.87. The molecule has 1 aromatic heterocycles. The van der Waals surface area contributed by atoms with Gasteiger partial charge >= 0.3 is 0 Å². The van der Waals surface area contributed by atoms with E-state index in [0.29, 0.717) is 17.6 Å². The van der Waals surface area contributed by atoms with Crippen LogP contribution in [-0.2, 0) is 4.74 Å². The quantitative estimate of drug-likeness (QED) is 0.883. The molecule has 4 atom stereocenters. The summed E-state index contributed by atoms with van der Waals surface area (Å²) in [6, 6.07) is 11.3. The van der Waals surface area contributed by atoms with Crippen LogP contribution in [0.2, 0.25) is 0 Å². The van der Waals surface area contributed by atoms with Crippen molar-refractivity contribution >= 4 is 16.6 Å². The molecule has 4 rings (SSSR count). The number of pyridine rings is 1. The summed E-state index contributed by atoms with van der Waals surface area (Å²) in [6.45, 7) is 11.4. The number of hydrogen-bond donors (Lipinski definition) is 1. The Bertz CT molecular complexity index is 879. The first kappa shape index (κ1) is 19.1. The van der Waals surface area contributed by atoms with E-state index < -0.39 is 0 Å². The number of rotatable bonds is 3. The Balaban J connectivity index is 1.57. The number of morpholine rings is 1. The second-order valence-corrected chi connectivity index (χ2v) is 8.23. The normalized spacial score (nSPS) is 29.0. The number of piperazine rings is 1. The molecule has 2 aliphatic rings. The molecule has 0 radical (unpaired) electrons. The minimum absolute atomic E-state index is 0.164. The van der Waals surface area contributed by atoms with E-state index in [1.54, 1.807) is 6.20 Å². The van der Waals surface area contributed by atoms with Crippen molar-refractivity contribution in [3.05, 3.63) is 36.0 Å². The van der Waals surface area contributed by atoms with E-state index in [-0.39, 0.29) is 12.2 Å². The van der Waals surface area contributed by atoms with Crippen molar-refractivity contribution in [2.45, 2.75) is 45.1 Å². The molecule has 1 N–H and O–H groups in total. The van der Waals surface area contributed by atoms with E-state index in [1.165, 1.54) is 0 Å². The first-order chi connectivity index (χ1) is 13.5. The molecule has 6 heteroatoms. The number of ether oxygens (including phenoxy) is 1. The topological polar surface area (TPSA) is 64.4 Å². The van der Waals surface area contributed by atoms with Gasteiger partial charge in [0.2, 0.25) is 0 Å². The molecule has 0 saturated carbocycles. The lowest BCUT2D eigenvalue weighted by molar-refractivity contribution is -0.0415. The maximum atomic E-state index is 9.42. The van der Waals surface area contributed by atoms with E-state index in [4.69, 9.17) is 4.74 Å². The van der Waals surface area contributed by atoms with Gasteiger partial charge in [-0.1, -0.05) is 0 Å². The highest BCUT2D eigenvalue weighted by atomic mass is 16.5. The highest BCUT2D eigenvalue weighted by molar-refractivity contribution is 5.95. The Morgan fingerprint density at radius 3 is 2.89 bits per heavy atom. The molecule has 28 heavy (non-hydrogen) atoms. The van der Waals surface area contributed by atoms with Gasteiger partial charge in [0, 0.05) is 62.1 Å². The van der Waals surface area contributed by atoms with Crippen LogP contribution in [0.5, 0.6) is 0 Å². The third kappa shape index (κ3) is 3.83. The number of hydrogen-bond acceptors (Lipinski definition) is 6. The summed E-state index contributed by atoms with van der Waals surface area (Å²) in [7, 11) is 0. The van der Waals surface area contributed by atoms with E-state index in [0.717, 1.165) is 49.3 Å². The van der Waals surface area contributed by atoms with Gasteiger partial charge in [0.15, 0.2) is 0 Å². The van der Waals surface area contributed by atoms with Gasteiger partial charge < -0.3 is 15.0 Å². The summed E-state index contributed by atoms with van der Waals surface area (Å²) in [5, 5.41) is 14.0. The van der Waals surface area contributed by atoms with Gasteiger partial charge in [-0.25, -0.2) is 0 Å². The van der Waals surface area contributed by atoms with Crippen LogP contribution in [0, 0.1) is 11.3 Å². The third-order valence-corrected chi connectivity index (χ3v) is 5.87. The minimum atomic E-state index is 0.164. The average Bonchev–Trinajstić information content (AvgIpc) is 2.69. The van der Waals surface area contributed by atoms with Crippen LogP contribution in [0.4, 0.5) is 5.69 Å². The van der Waals surface area contributed by atoms with Crippen molar-refractivity contribution in [2.75, 3.05) is 37.6 Å². The van der Waals surface area contributed by atoms with Gasteiger partial charge in [-0.2, -0.15) is 5.26 Å². The fourth-order valence-electron chi connectivity index (χ4n) is 4.48. The molecule has 2 aromatic rings. The van der Waals surface area contributed by atoms with Crippen molar-refractivity contribution < 1.29 is 4.74 Å². The Morgan fingerprint density at radius 2 is 2.07 bits per heavy atom. The monoisotopic (exact) mass is 379 g/mol. The van der Waals surface area contributed by atoms with Crippen molar-refractivity contribution in [1.29, 1.82) is 5.26 Å².